The molecule has 27 heavy (non-hydrogen) atoms. The molecule has 2 aromatic heterocycles. The molecule has 7 heteroatoms. The lowest BCUT2D eigenvalue weighted by Gasteiger charge is -2.47. The van der Waals surface area contributed by atoms with Crippen LogP contribution < -0.4 is 0 Å². The third-order valence-electron chi connectivity index (χ3n) is 5.84. The summed E-state index contributed by atoms with van der Waals surface area (Å²) in [5.74, 6) is 1.08. The van der Waals surface area contributed by atoms with E-state index in [1.54, 1.807) is 0 Å². The lowest BCUT2D eigenvalue weighted by atomic mass is 9.92. The van der Waals surface area contributed by atoms with Crippen molar-refractivity contribution in [3.63, 3.8) is 0 Å². The molecule has 3 aliphatic rings. The third kappa shape index (κ3) is 3.17. The molecule has 2 aliphatic heterocycles. The van der Waals surface area contributed by atoms with Crippen molar-refractivity contribution in [2.24, 2.45) is 0 Å². The number of aromatic nitrogens is 3. The second-order valence-electron chi connectivity index (χ2n) is 7.95. The Morgan fingerprint density at radius 1 is 1.41 bits per heavy atom. The highest BCUT2D eigenvalue weighted by atomic mass is 32.2. The number of carbonyl (C=O) groups excluding carboxylic acids is 1. The maximum Gasteiger partial charge on any atom is 0.274 e. The lowest BCUT2D eigenvalue weighted by Crippen LogP contribution is -2.60. The summed E-state index contributed by atoms with van der Waals surface area (Å²) < 4.78 is 6.27. The fourth-order valence-electron chi connectivity index (χ4n) is 4.45. The highest BCUT2D eigenvalue weighted by molar-refractivity contribution is 8.01. The summed E-state index contributed by atoms with van der Waals surface area (Å²) in [6.07, 6.45) is 4.36. The summed E-state index contributed by atoms with van der Waals surface area (Å²) >= 11 is 1.95. The summed E-state index contributed by atoms with van der Waals surface area (Å²) in [7, 11) is 0. The molecule has 0 bridgehead atoms. The van der Waals surface area contributed by atoms with Gasteiger partial charge in [0.1, 0.15) is 0 Å². The van der Waals surface area contributed by atoms with Gasteiger partial charge in [-0.15, -0.1) is 11.8 Å². The molecule has 5 rings (SSSR count). The summed E-state index contributed by atoms with van der Waals surface area (Å²) in [5.41, 5.74) is 4.96. The van der Waals surface area contributed by atoms with Crippen LogP contribution in [0.25, 0.3) is 0 Å². The molecule has 1 spiro atoms. The van der Waals surface area contributed by atoms with Gasteiger partial charge in [0.15, 0.2) is 5.69 Å². The van der Waals surface area contributed by atoms with E-state index in [4.69, 9.17) is 4.74 Å². The van der Waals surface area contributed by atoms with E-state index in [0.29, 0.717) is 12.3 Å². The Morgan fingerprint density at radius 2 is 2.30 bits per heavy atom. The molecule has 6 nitrogen and oxygen atoms in total. The summed E-state index contributed by atoms with van der Waals surface area (Å²) in [5, 5.41) is 7.33. The number of nitrogens with one attached hydrogen (secondary N) is 1. The van der Waals surface area contributed by atoms with E-state index in [2.05, 4.69) is 15.2 Å². The smallest absolute Gasteiger partial charge is 0.274 e. The molecular formula is C20H24N4O2S. The Labute approximate surface area is 163 Å². The van der Waals surface area contributed by atoms with Crippen molar-refractivity contribution in [2.75, 3.05) is 18.8 Å². The molecule has 2 fully saturated rings. The number of fused-ring (bicyclic) bond motifs is 1. The fourth-order valence-corrected chi connectivity index (χ4v) is 6.00. The second kappa shape index (κ2) is 6.63. The van der Waals surface area contributed by atoms with Gasteiger partial charge in [-0.2, -0.15) is 5.10 Å². The SMILES string of the molecule is Cc1cccc(COC2CSC3(C2)CN(C(=O)c2n[nH]c4c2CCC4)C3)n1. The molecule has 2 saturated heterocycles. The van der Waals surface area contributed by atoms with E-state index in [1.807, 2.05) is 41.8 Å². The van der Waals surface area contributed by atoms with Gasteiger partial charge in [-0.3, -0.25) is 14.9 Å². The van der Waals surface area contributed by atoms with Crippen LogP contribution in [0.3, 0.4) is 0 Å². The molecule has 2 aromatic rings. The Kier molecular flexibility index (Phi) is 4.24. The van der Waals surface area contributed by atoms with Crippen molar-refractivity contribution in [3.8, 4) is 0 Å². The van der Waals surface area contributed by atoms with Gasteiger partial charge in [-0.1, -0.05) is 6.07 Å². The van der Waals surface area contributed by atoms with Crippen molar-refractivity contribution in [1.29, 1.82) is 0 Å². The molecule has 1 atom stereocenters. The normalized spacial score (nSPS) is 22.9. The average molecular weight is 385 g/mol. The maximum absolute atomic E-state index is 12.8. The maximum atomic E-state index is 12.8. The predicted octanol–water partition coefficient (Wildman–Crippen LogP) is 2.52. The number of H-pyrrole nitrogens is 1. The molecule has 1 unspecified atom stereocenters. The van der Waals surface area contributed by atoms with Crippen LogP contribution in [0.15, 0.2) is 18.2 Å². The second-order valence-corrected chi connectivity index (χ2v) is 9.43. The monoisotopic (exact) mass is 384 g/mol. The molecule has 1 amide bonds. The van der Waals surface area contributed by atoms with Gasteiger partial charge in [-0.25, -0.2) is 0 Å². The van der Waals surface area contributed by atoms with Crippen LogP contribution in [0.5, 0.6) is 0 Å². The van der Waals surface area contributed by atoms with Crippen LogP contribution in [-0.2, 0) is 24.2 Å². The van der Waals surface area contributed by atoms with E-state index < -0.39 is 0 Å². The number of aromatic amines is 1. The molecule has 4 heterocycles. The van der Waals surface area contributed by atoms with Gasteiger partial charge in [0, 0.05) is 35.8 Å². The number of hydrogen-bond donors (Lipinski definition) is 1. The number of pyridine rings is 1. The zero-order valence-electron chi connectivity index (χ0n) is 15.5. The van der Waals surface area contributed by atoms with Gasteiger partial charge < -0.3 is 9.64 Å². The van der Waals surface area contributed by atoms with Crippen LogP contribution >= 0.6 is 11.8 Å². The van der Waals surface area contributed by atoms with Gasteiger partial charge >= 0.3 is 0 Å². The number of aryl methyl sites for hydroxylation is 2. The number of nitrogens with zero attached hydrogens (tertiary/aromatic N) is 3. The minimum absolute atomic E-state index is 0.0916. The fraction of sp³-hybridized carbons (Fsp3) is 0.550. The van der Waals surface area contributed by atoms with E-state index in [9.17, 15) is 4.79 Å². The largest absolute Gasteiger partial charge is 0.371 e. The van der Waals surface area contributed by atoms with Crippen molar-refractivity contribution in [1.82, 2.24) is 20.1 Å². The Bertz CT molecular complexity index is 875. The Morgan fingerprint density at radius 3 is 3.15 bits per heavy atom. The van der Waals surface area contributed by atoms with Gasteiger partial charge in [0.25, 0.3) is 5.91 Å². The minimum Gasteiger partial charge on any atom is -0.371 e. The summed E-state index contributed by atoms with van der Waals surface area (Å²) in [6.45, 7) is 4.17. The van der Waals surface area contributed by atoms with E-state index in [-0.39, 0.29) is 16.8 Å². The quantitative estimate of drug-likeness (QED) is 0.877. The van der Waals surface area contributed by atoms with Crippen molar-refractivity contribution < 1.29 is 9.53 Å². The van der Waals surface area contributed by atoms with Crippen LogP contribution in [-0.4, -0.2) is 55.7 Å². The average Bonchev–Trinajstić information content (AvgIpc) is 3.33. The number of rotatable bonds is 4. The van der Waals surface area contributed by atoms with Crippen LogP contribution in [0.4, 0.5) is 0 Å². The van der Waals surface area contributed by atoms with E-state index >= 15 is 0 Å². The number of thioether (sulfide) groups is 1. The molecule has 1 aliphatic carbocycles. The number of hydrogen-bond acceptors (Lipinski definition) is 5. The summed E-state index contributed by atoms with van der Waals surface area (Å²) in [4.78, 5) is 19.3. The van der Waals surface area contributed by atoms with Crippen molar-refractivity contribution >= 4 is 17.7 Å². The standard InChI is InChI=1S/C20H24N4O2S/c1-13-4-2-5-14(21-13)9-26-15-8-20(27-10-15)11-24(12-20)19(25)18-16-6-3-7-17(16)22-23-18/h2,4-5,15H,3,6-12H2,1H3,(H,22,23). The first-order valence-corrected chi connectivity index (χ1v) is 10.6. The van der Waals surface area contributed by atoms with Crippen LogP contribution in [0, 0.1) is 6.92 Å². The van der Waals surface area contributed by atoms with Gasteiger partial charge in [0.2, 0.25) is 0 Å². The molecule has 0 aromatic carbocycles. The van der Waals surface area contributed by atoms with Gasteiger partial charge in [-0.05, 0) is 44.7 Å². The Hall–Kier alpha value is -1.86. The molecule has 0 saturated carbocycles. The van der Waals surface area contributed by atoms with Crippen LogP contribution in [0.2, 0.25) is 0 Å². The van der Waals surface area contributed by atoms with Crippen LogP contribution in [0.1, 0.15) is 46.0 Å². The van der Waals surface area contributed by atoms with E-state index in [1.165, 1.54) is 0 Å². The van der Waals surface area contributed by atoms with Gasteiger partial charge in [0.05, 0.1) is 23.2 Å². The Balaban J connectivity index is 1.15. The van der Waals surface area contributed by atoms with Crippen molar-refractivity contribution in [2.45, 2.75) is 50.1 Å². The first-order valence-electron chi connectivity index (χ1n) is 9.65. The molecule has 1 N–H and O–H groups in total. The lowest BCUT2D eigenvalue weighted by molar-refractivity contribution is 0.0242. The highest BCUT2D eigenvalue weighted by Gasteiger charge is 2.51. The third-order valence-corrected chi connectivity index (χ3v) is 7.42. The highest BCUT2D eigenvalue weighted by Crippen LogP contribution is 2.46. The zero-order valence-corrected chi connectivity index (χ0v) is 16.3. The minimum atomic E-state index is 0.0916. The number of amides is 1. The molecular weight excluding hydrogens is 360 g/mol. The van der Waals surface area contributed by atoms with E-state index in [0.717, 1.165) is 67.2 Å². The predicted molar refractivity (Wildman–Crippen MR) is 104 cm³/mol. The summed E-state index contributed by atoms with van der Waals surface area (Å²) in [6, 6.07) is 6.03. The number of likely N-dealkylation sites (tertiary alicyclic amines) is 1. The number of carbonyl (C=O) groups is 1. The molecule has 142 valence electrons. The molecule has 0 radical (unpaired) electrons. The zero-order chi connectivity index (χ0) is 18.4. The topological polar surface area (TPSA) is 71.1 Å². The first-order chi connectivity index (χ1) is 13.1. The first kappa shape index (κ1) is 17.3. The van der Waals surface area contributed by atoms with Crippen molar-refractivity contribution in [3.05, 3.63) is 46.5 Å². The number of ether oxygens (including phenoxy) is 1.